The van der Waals surface area contributed by atoms with E-state index in [9.17, 15) is 18.3 Å². The summed E-state index contributed by atoms with van der Waals surface area (Å²) in [6, 6.07) is 10.3. The molecule has 110 valence electrons. The van der Waals surface area contributed by atoms with Crippen LogP contribution in [-0.4, -0.2) is 19.5 Å². The van der Waals surface area contributed by atoms with Gasteiger partial charge in [-0.2, -0.15) is 0 Å². The molecule has 0 atom stereocenters. The Morgan fingerprint density at radius 2 is 1.81 bits per heavy atom. The lowest BCUT2D eigenvalue weighted by Gasteiger charge is -2.11. The maximum absolute atomic E-state index is 11.5. The largest absolute Gasteiger partial charge is 0.478 e. The number of carbonyl (C=O) groups is 1. The van der Waals surface area contributed by atoms with Crippen molar-refractivity contribution in [1.29, 1.82) is 0 Å². The molecule has 0 radical (unpaired) electrons. The highest BCUT2D eigenvalue weighted by Gasteiger charge is 2.18. The van der Waals surface area contributed by atoms with Crippen LogP contribution in [0.4, 0.5) is 0 Å². The molecule has 0 aliphatic rings. The molecular weight excluding hydrogens is 409 g/mol. The summed E-state index contributed by atoms with van der Waals surface area (Å²) in [5.74, 6) is -1.15. The van der Waals surface area contributed by atoms with Crippen molar-refractivity contribution in [3.63, 3.8) is 0 Å². The van der Waals surface area contributed by atoms with Gasteiger partial charge in [0.25, 0.3) is 0 Å². The van der Waals surface area contributed by atoms with E-state index in [4.69, 9.17) is 9.88 Å². The molecule has 0 aliphatic heterocycles. The van der Waals surface area contributed by atoms with Crippen molar-refractivity contribution in [2.24, 2.45) is 5.14 Å². The van der Waals surface area contributed by atoms with Crippen molar-refractivity contribution in [3.8, 4) is 11.5 Å². The van der Waals surface area contributed by atoms with Crippen LogP contribution >= 0.6 is 22.6 Å². The Balaban J connectivity index is 2.52. The van der Waals surface area contributed by atoms with E-state index in [1.54, 1.807) is 12.1 Å². The van der Waals surface area contributed by atoms with Gasteiger partial charge >= 0.3 is 5.97 Å². The molecule has 0 saturated heterocycles. The van der Waals surface area contributed by atoms with Crippen LogP contribution in [0, 0.1) is 3.57 Å². The molecule has 0 amide bonds. The quantitative estimate of drug-likeness (QED) is 0.741. The molecule has 2 aromatic rings. The highest BCUT2D eigenvalue weighted by molar-refractivity contribution is 14.1. The van der Waals surface area contributed by atoms with Gasteiger partial charge < -0.3 is 9.84 Å². The Hall–Kier alpha value is -1.65. The molecule has 3 N–H and O–H groups in total. The minimum atomic E-state index is -3.97. The number of nitrogens with two attached hydrogens (primary N) is 1. The predicted octanol–water partition coefficient (Wildman–Crippen LogP) is 2.43. The van der Waals surface area contributed by atoms with Crippen molar-refractivity contribution >= 4 is 38.6 Å². The first-order chi connectivity index (χ1) is 9.79. The van der Waals surface area contributed by atoms with Gasteiger partial charge in [-0.25, -0.2) is 18.4 Å². The van der Waals surface area contributed by atoms with E-state index in [1.807, 2.05) is 22.6 Å². The molecule has 2 aromatic carbocycles. The molecule has 0 fully saturated rings. The molecule has 0 heterocycles. The van der Waals surface area contributed by atoms with Crippen molar-refractivity contribution in [1.82, 2.24) is 0 Å². The van der Waals surface area contributed by atoms with Gasteiger partial charge in [-0.05, 0) is 52.9 Å². The number of carboxylic acids is 1. The van der Waals surface area contributed by atoms with Gasteiger partial charge in [0.05, 0.1) is 0 Å². The van der Waals surface area contributed by atoms with Crippen LogP contribution < -0.4 is 9.88 Å². The average molecular weight is 419 g/mol. The van der Waals surface area contributed by atoms with Gasteiger partial charge in [-0.15, -0.1) is 0 Å². The Morgan fingerprint density at radius 1 is 1.14 bits per heavy atom. The number of ether oxygens (including phenoxy) is 1. The van der Waals surface area contributed by atoms with Crippen molar-refractivity contribution in [2.45, 2.75) is 4.90 Å². The molecule has 6 nitrogen and oxygen atoms in total. The van der Waals surface area contributed by atoms with E-state index >= 15 is 0 Å². The van der Waals surface area contributed by atoms with E-state index in [0.29, 0.717) is 0 Å². The number of benzene rings is 2. The van der Waals surface area contributed by atoms with Crippen LogP contribution in [0.5, 0.6) is 11.5 Å². The van der Waals surface area contributed by atoms with Crippen molar-refractivity contribution < 1.29 is 23.1 Å². The lowest BCUT2D eigenvalue weighted by atomic mass is 10.2. The highest BCUT2D eigenvalue weighted by atomic mass is 127. The van der Waals surface area contributed by atoms with Gasteiger partial charge in [-0.1, -0.05) is 12.1 Å². The third kappa shape index (κ3) is 3.71. The molecule has 0 saturated carbocycles. The zero-order chi connectivity index (χ0) is 15.6. The fourth-order valence-electron chi connectivity index (χ4n) is 1.65. The van der Waals surface area contributed by atoms with E-state index in [1.165, 1.54) is 30.3 Å². The second-order valence-electron chi connectivity index (χ2n) is 4.04. The Labute approximate surface area is 134 Å². The summed E-state index contributed by atoms with van der Waals surface area (Å²) in [5, 5.41) is 14.3. The number of rotatable bonds is 4. The summed E-state index contributed by atoms with van der Waals surface area (Å²) < 4.78 is 29.2. The number of sulfonamides is 1. The number of carboxylic acid groups (broad SMARTS) is 1. The minimum Gasteiger partial charge on any atom is -0.478 e. The first-order valence-corrected chi connectivity index (χ1v) is 8.24. The van der Waals surface area contributed by atoms with Gasteiger partial charge in [0.1, 0.15) is 22.0 Å². The third-order valence-corrected chi connectivity index (χ3v) is 4.17. The van der Waals surface area contributed by atoms with E-state index < -0.39 is 16.0 Å². The maximum atomic E-state index is 11.5. The summed E-state index contributed by atoms with van der Waals surface area (Å²) in [6.45, 7) is 0. The summed E-state index contributed by atoms with van der Waals surface area (Å²) in [7, 11) is -3.97. The highest BCUT2D eigenvalue weighted by Crippen LogP contribution is 2.31. The molecule has 0 aromatic heterocycles. The molecule has 2 rings (SSSR count). The number of aromatic carboxylic acids is 1. The maximum Gasteiger partial charge on any atom is 0.339 e. The second-order valence-corrected chi connectivity index (χ2v) is 6.81. The number of hydrogen-bond acceptors (Lipinski definition) is 4. The summed E-state index contributed by atoms with van der Waals surface area (Å²) in [5.41, 5.74) is -0.0638. The fourth-order valence-corrected chi connectivity index (χ4v) is 2.80. The Morgan fingerprint density at radius 3 is 2.43 bits per heavy atom. The standard InChI is InChI=1S/C13H10INO5S/c14-8-5-6-10(9(7-8)13(16)17)20-11-3-1-2-4-12(11)21(15,18)19/h1-7H,(H,16,17)(H2,15,18,19). The number of halogens is 1. The monoisotopic (exact) mass is 419 g/mol. The molecule has 0 bridgehead atoms. The topological polar surface area (TPSA) is 107 Å². The van der Waals surface area contributed by atoms with Gasteiger partial charge in [0.2, 0.25) is 10.0 Å². The third-order valence-electron chi connectivity index (χ3n) is 2.55. The predicted molar refractivity (Wildman–Crippen MR) is 84.0 cm³/mol. The van der Waals surface area contributed by atoms with Gasteiger partial charge in [-0.3, -0.25) is 0 Å². The Kier molecular flexibility index (Phi) is 4.49. The zero-order valence-electron chi connectivity index (χ0n) is 10.5. The van der Waals surface area contributed by atoms with Gasteiger partial charge in [0, 0.05) is 3.57 Å². The minimum absolute atomic E-state index is 0.0243. The van der Waals surface area contributed by atoms with E-state index in [2.05, 4.69) is 0 Å². The van der Waals surface area contributed by atoms with Gasteiger partial charge in [0.15, 0.2) is 0 Å². The first-order valence-electron chi connectivity index (χ1n) is 5.61. The van der Waals surface area contributed by atoms with Crippen LogP contribution in [0.25, 0.3) is 0 Å². The van der Waals surface area contributed by atoms with Crippen LogP contribution in [0.2, 0.25) is 0 Å². The normalized spacial score (nSPS) is 11.1. The van der Waals surface area contributed by atoms with E-state index in [-0.39, 0.29) is 22.0 Å². The summed E-state index contributed by atoms with van der Waals surface area (Å²) in [4.78, 5) is 11.0. The van der Waals surface area contributed by atoms with Crippen LogP contribution in [-0.2, 0) is 10.0 Å². The first kappa shape index (κ1) is 15.7. The van der Waals surface area contributed by atoms with Crippen molar-refractivity contribution in [2.75, 3.05) is 0 Å². The Bertz CT molecular complexity index is 804. The fraction of sp³-hybridized carbons (Fsp3) is 0. The number of hydrogen-bond donors (Lipinski definition) is 2. The molecule has 21 heavy (non-hydrogen) atoms. The summed E-state index contributed by atoms with van der Waals surface area (Å²) >= 11 is 1.97. The second kappa shape index (κ2) is 6.00. The summed E-state index contributed by atoms with van der Waals surface area (Å²) in [6.07, 6.45) is 0. The number of primary sulfonamides is 1. The molecular formula is C13H10INO5S. The van der Waals surface area contributed by atoms with E-state index in [0.717, 1.165) is 3.57 Å². The lowest BCUT2D eigenvalue weighted by molar-refractivity contribution is 0.0694. The smallest absolute Gasteiger partial charge is 0.339 e. The molecule has 0 unspecified atom stereocenters. The van der Waals surface area contributed by atoms with Crippen LogP contribution in [0.3, 0.4) is 0 Å². The molecule has 0 aliphatic carbocycles. The molecule has 8 heteroatoms. The molecule has 0 spiro atoms. The lowest BCUT2D eigenvalue weighted by Crippen LogP contribution is -2.13. The SMILES string of the molecule is NS(=O)(=O)c1ccccc1Oc1ccc(I)cc1C(=O)O. The average Bonchev–Trinajstić information content (AvgIpc) is 2.40. The van der Waals surface area contributed by atoms with Crippen LogP contribution in [0.1, 0.15) is 10.4 Å². The zero-order valence-corrected chi connectivity index (χ0v) is 13.5. The van der Waals surface area contributed by atoms with Crippen LogP contribution in [0.15, 0.2) is 47.4 Å². The van der Waals surface area contributed by atoms with Crippen molar-refractivity contribution in [3.05, 3.63) is 51.6 Å². The number of para-hydroxylation sites is 1.